The van der Waals surface area contributed by atoms with E-state index in [0.717, 1.165) is 13.0 Å². The normalized spacial score (nSPS) is 17.9. The molecular formula is C13H19NO. The van der Waals surface area contributed by atoms with Gasteiger partial charge in [-0.2, -0.15) is 0 Å². The van der Waals surface area contributed by atoms with E-state index < -0.39 is 0 Å². The molecule has 1 aromatic rings. The summed E-state index contributed by atoms with van der Waals surface area (Å²) < 4.78 is 0. The van der Waals surface area contributed by atoms with Crippen LogP contribution in [0.3, 0.4) is 0 Å². The highest BCUT2D eigenvalue weighted by Crippen LogP contribution is 2.13. The number of rotatable bonds is 3. The third-order valence-electron chi connectivity index (χ3n) is 3.08. The van der Waals surface area contributed by atoms with E-state index in [1.54, 1.807) is 6.07 Å². The van der Waals surface area contributed by atoms with E-state index in [9.17, 15) is 5.11 Å². The van der Waals surface area contributed by atoms with E-state index in [-0.39, 0.29) is 0 Å². The number of piperidine rings is 1. The van der Waals surface area contributed by atoms with E-state index in [4.69, 9.17) is 0 Å². The Morgan fingerprint density at radius 3 is 2.67 bits per heavy atom. The van der Waals surface area contributed by atoms with Gasteiger partial charge < -0.3 is 10.0 Å². The first-order valence-electron chi connectivity index (χ1n) is 5.85. The summed E-state index contributed by atoms with van der Waals surface area (Å²) in [6, 6.07) is 7.60. The van der Waals surface area contributed by atoms with Crippen LogP contribution in [0.25, 0.3) is 0 Å². The summed E-state index contributed by atoms with van der Waals surface area (Å²) in [5.41, 5.74) is 1.24. The standard InChI is InChI=1S/C13H19NO/c15-13-6-4-5-12(11-13)7-10-14-8-2-1-3-9-14/h4-6,11,15H,1-3,7-10H2. The van der Waals surface area contributed by atoms with E-state index >= 15 is 0 Å². The topological polar surface area (TPSA) is 23.5 Å². The van der Waals surface area contributed by atoms with Gasteiger partial charge in [0.25, 0.3) is 0 Å². The molecule has 0 bridgehead atoms. The molecule has 0 saturated carbocycles. The van der Waals surface area contributed by atoms with Gasteiger partial charge in [-0.25, -0.2) is 0 Å². The maximum absolute atomic E-state index is 9.34. The first-order chi connectivity index (χ1) is 7.34. The van der Waals surface area contributed by atoms with Crippen LogP contribution in [0, 0.1) is 0 Å². The third-order valence-corrected chi connectivity index (χ3v) is 3.08. The van der Waals surface area contributed by atoms with Crippen molar-refractivity contribution >= 4 is 0 Å². The highest BCUT2D eigenvalue weighted by molar-refractivity contribution is 5.27. The Hall–Kier alpha value is -1.02. The van der Waals surface area contributed by atoms with Crippen LogP contribution in [0.5, 0.6) is 5.75 Å². The molecule has 0 atom stereocenters. The molecule has 0 aliphatic carbocycles. The second kappa shape index (κ2) is 5.17. The zero-order valence-corrected chi connectivity index (χ0v) is 9.15. The summed E-state index contributed by atoms with van der Waals surface area (Å²) in [5.74, 6) is 0.381. The number of benzene rings is 1. The van der Waals surface area contributed by atoms with Gasteiger partial charge >= 0.3 is 0 Å². The van der Waals surface area contributed by atoms with Crippen LogP contribution in [-0.2, 0) is 6.42 Å². The van der Waals surface area contributed by atoms with Gasteiger partial charge in [0, 0.05) is 6.54 Å². The maximum atomic E-state index is 9.34. The van der Waals surface area contributed by atoms with Crippen molar-refractivity contribution in [3.05, 3.63) is 29.8 Å². The zero-order chi connectivity index (χ0) is 10.5. The number of aromatic hydroxyl groups is 1. The van der Waals surface area contributed by atoms with Gasteiger partial charge in [0.1, 0.15) is 5.75 Å². The molecule has 0 radical (unpaired) electrons. The van der Waals surface area contributed by atoms with Gasteiger partial charge in [-0.3, -0.25) is 0 Å². The van der Waals surface area contributed by atoms with Crippen LogP contribution >= 0.6 is 0 Å². The predicted molar refractivity (Wildman–Crippen MR) is 62.1 cm³/mol. The van der Waals surface area contributed by atoms with Gasteiger partial charge in [0.15, 0.2) is 0 Å². The number of likely N-dealkylation sites (tertiary alicyclic amines) is 1. The predicted octanol–water partition coefficient (Wildman–Crippen LogP) is 2.42. The minimum Gasteiger partial charge on any atom is -0.508 e. The van der Waals surface area contributed by atoms with Gasteiger partial charge in [0.2, 0.25) is 0 Å². The Balaban J connectivity index is 1.81. The minimum atomic E-state index is 0.381. The van der Waals surface area contributed by atoms with E-state index in [2.05, 4.69) is 11.0 Å². The lowest BCUT2D eigenvalue weighted by Crippen LogP contribution is -2.31. The quantitative estimate of drug-likeness (QED) is 0.819. The summed E-state index contributed by atoms with van der Waals surface area (Å²) in [4.78, 5) is 2.52. The summed E-state index contributed by atoms with van der Waals surface area (Å²) >= 11 is 0. The molecule has 0 amide bonds. The molecular weight excluding hydrogens is 186 g/mol. The van der Waals surface area contributed by atoms with Crippen molar-refractivity contribution in [1.82, 2.24) is 4.90 Å². The van der Waals surface area contributed by atoms with Crippen molar-refractivity contribution < 1.29 is 5.11 Å². The fourth-order valence-corrected chi connectivity index (χ4v) is 2.18. The van der Waals surface area contributed by atoms with Crippen LogP contribution in [0.2, 0.25) is 0 Å². The molecule has 2 rings (SSSR count). The number of phenolic OH excluding ortho intramolecular Hbond substituents is 1. The summed E-state index contributed by atoms with van der Waals surface area (Å²) in [6.45, 7) is 3.63. The lowest BCUT2D eigenvalue weighted by molar-refractivity contribution is 0.231. The Bertz CT molecular complexity index is 305. The highest BCUT2D eigenvalue weighted by Gasteiger charge is 2.09. The Labute approximate surface area is 91.5 Å². The molecule has 1 saturated heterocycles. The van der Waals surface area contributed by atoms with Crippen LogP contribution in [0.4, 0.5) is 0 Å². The van der Waals surface area contributed by atoms with Crippen molar-refractivity contribution in [3.63, 3.8) is 0 Å². The fourth-order valence-electron chi connectivity index (χ4n) is 2.18. The monoisotopic (exact) mass is 205 g/mol. The fraction of sp³-hybridized carbons (Fsp3) is 0.538. The molecule has 1 heterocycles. The average Bonchev–Trinajstić information content (AvgIpc) is 2.28. The molecule has 1 fully saturated rings. The first kappa shape index (κ1) is 10.5. The third kappa shape index (κ3) is 3.24. The maximum Gasteiger partial charge on any atom is 0.115 e. The number of nitrogens with zero attached hydrogens (tertiary/aromatic N) is 1. The van der Waals surface area contributed by atoms with Crippen molar-refractivity contribution in [2.75, 3.05) is 19.6 Å². The van der Waals surface area contributed by atoms with Crippen LogP contribution < -0.4 is 0 Å². The molecule has 0 spiro atoms. The Kier molecular flexibility index (Phi) is 3.62. The second-order valence-electron chi connectivity index (χ2n) is 4.32. The summed E-state index contributed by atoms with van der Waals surface area (Å²) in [7, 11) is 0. The van der Waals surface area contributed by atoms with Crippen molar-refractivity contribution in [2.24, 2.45) is 0 Å². The molecule has 2 heteroatoms. The Morgan fingerprint density at radius 1 is 1.13 bits per heavy atom. The van der Waals surface area contributed by atoms with Crippen molar-refractivity contribution in [1.29, 1.82) is 0 Å². The molecule has 82 valence electrons. The minimum absolute atomic E-state index is 0.381. The SMILES string of the molecule is Oc1cccc(CCN2CCCCC2)c1. The molecule has 15 heavy (non-hydrogen) atoms. The summed E-state index contributed by atoms with van der Waals surface area (Å²) in [5, 5.41) is 9.34. The molecule has 1 aromatic carbocycles. The van der Waals surface area contributed by atoms with Crippen LogP contribution in [0.1, 0.15) is 24.8 Å². The molecule has 0 aromatic heterocycles. The molecule has 1 aliphatic heterocycles. The largest absolute Gasteiger partial charge is 0.508 e. The van der Waals surface area contributed by atoms with Crippen molar-refractivity contribution in [2.45, 2.75) is 25.7 Å². The summed E-state index contributed by atoms with van der Waals surface area (Å²) in [6.07, 6.45) is 5.14. The van der Waals surface area contributed by atoms with Gasteiger partial charge in [0.05, 0.1) is 0 Å². The van der Waals surface area contributed by atoms with Gasteiger partial charge in [-0.05, 0) is 50.0 Å². The van der Waals surface area contributed by atoms with Crippen molar-refractivity contribution in [3.8, 4) is 5.75 Å². The van der Waals surface area contributed by atoms with Crippen LogP contribution in [-0.4, -0.2) is 29.6 Å². The molecule has 2 nitrogen and oxygen atoms in total. The zero-order valence-electron chi connectivity index (χ0n) is 9.15. The Morgan fingerprint density at radius 2 is 1.93 bits per heavy atom. The lowest BCUT2D eigenvalue weighted by atomic mass is 10.1. The average molecular weight is 205 g/mol. The number of hydrogen-bond donors (Lipinski definition) is 1. The molecule has 0 unspecified atom stereocenters. The highest BCUT2D eigenvalue weighted by atomic mass is 16.3. The lowest BCUT2D eigenvalue weighted by Gasteiger charge is -2.26. The van der Waals surface area contributed by atoms with E-state index in [1.807, 2.05) is 12.1 Å². The van der Waals surface area contributed by atoms with E-state index in [0.29, 0.717) is 5.75 Å². The van der Waals surface area contributed by atoms with E-state index in [1.165, 1.54) is 37.9 Å². The molecule has 1 aliphatic rings. The van der Waals surface area contributed by atoms with Gasteiger partial charge in [-0.1, -0.05) is 18.6 Å². The number of hydrogen-bond acceptors (Lipinski definition) is 2. The second-order valence-corrected chi connectivity index (χ2v) is 4.32. The van der Waals surface area contributed by atoms with Crippen LogP contribution in [0.15, 0.2) is 24.3 Å². The number of phenols is 1. The first-order valence-corrected chi connectivity index (χ1v) is 5.85. The van der Waals surface area contributed by atoms with Gasteiger partial charge in [-0.15, -0.1) is 0 Å². The molecule has 1 N–H and O–H groups in total. The smallest absolute Gasteiger partial charge is 0.115 e.